The molecule has 0 radical (unpaired) electrons. The van der Waals surface area contributed by atoms with Gasteiger partial charge in [0.1, 0.15) is 0 Å². The molecule has 1 heterocycles. The summed E-state index contributed by atoms with van der Waals surface area (Å²) < 4.78 is 27.4. The molecule has 0 spiro atoms. The van der Waals surface area contributed by atoms with Crippen molar-refractivity contribution in [2.24, 2.45) is 5.92 Å². The lowest BCUT2D eigenvalue weighted by atomic mass is 9.96. The number of aromatic carboxylic acids is 1. The third kappa shape index (κ3) is 2.82. The standard InChI is InChI=1S/C17H17NO4S/c1-12-9-13-5-2-3-8-16(13)18(11-12)23(21,22)15-7-4-6-14(10-15)17(19)20/h2-8,10,12H,9,11H2,1H3,(H,19,20). The van der Waals surface area contributed by atoms with Crippen LogP contribution in [0, 0.1) is 5.92 Å². The van der Waals surface area contributed by atoms with Gasteiger partial charge in [-0.25, -0.2) is 13.2 Å². The van der Waals surface area contributed by atoms with Crippen LogP contribution in [0.3, 0.4) is 0 Å². The van der Waals surface area contributed by atoms with Crippen LogP contribution in [0.5, 0.6) is 0 Å². The molecule has 0 saturated heterocycles. The summed E-state index contributed by atoms with van der Waals surface area (Å²) in [5, 5.41) is 9.08. The van der Waals surface area contributed by atoms with Crippen LogP contribution >= 0.6 is 0 Å². The zero-order valence-electron chi connectivity index (χ0n) is 12.6. The fraction of sp³-hybridized carbons (Fsp3) is 0.235. The molecule has 6 heteroatoms. The van der Waals surface area contributed by atoms with Crippen molar-refractivity contribution in [3.63, 3.8) is 0 Å². The largest absolute Gasteiger partial charge is 0.478 e. The lowest BCUT2D eigenvalue weighted by Gasteiger charge is -2.33. The maximum absolute atomic E-state index is 13.0. The van der Waals surface area contributed by atoms with Crippen molar-refractivity contribution in [1.29, 1.82) is 0 Å². The average Bonchev–Trinajstić information content (AvgIpc) is 2.54. The molecule has 0 saturated carbocycles. The molecule has 1 aliphatic rings. The van der Waals surface area contributed by atoms with E-state index >= 15 is 0 Å². The smallest absolute Gasteiger partial charge is 0.335 e. The number of carboxylic acid groups (broad SMARTS) is 1. The van der Waals surface area contributed by atoms with Crippen molar-refractivity contribution in [2.75, 3.05) is 10.8 Å². The number of para-hydroxylation sites is 1. The molecule has 120 valence electrons. The number of hydrogen-bond acceptors (Lipinski definition) is 3. The van der Waals surface area contributed by atoms with Crippen molar-refractivity contribution < 1.29 is 18.3 Å². The van der Waals surface area contributed by atoms with E-state index in [1.54, 1.807) is 6.07 Å². The monoisotopic (exact) mass is 331 g/mol. The van der Waals surface area contributed by atoms with Crippen molar-refractivity contribution >= 4 is 21.7 Å². The minimum absolute atomic E-state index is 0.00121. The topological polar surface area (TPSA) is 74.7 Å². The molecule has 2 aromatic carbocycles. The lowest BCUT2D eigenvalue weighted by Crippen LogP contribution is -2.39. The number of carbonyl (C=O) groups is 1. The van der Waals surface area contributed by atoms with E-state index in [0.29, 0.717) is 12.2 Å². The normalized spacial score (nSPS) is 17.6. The maximum atomic E-state index is 13.0. The molecule has 1 atom stereocenters. The number of carboxylic acids is 1. The first-order valence-corrected chi connectivity index (χ1v) is 8.77. The van der Waals surface area contributed by atoms with E-state index in [1.165, 1.54) is 28.6 Å². The highest BCUT2D eigenvalue weighted by atomic mass is 32.2. The summed E-state index contributed by atoms with van der Waals surface area (Å²) in [4.78, 5) is 11.1. The van der Waals surface area contributed by atoms with Crippen LogP contribution in [0.1, 0.15) is 22.8 Å². The molecular formula is C17H17NO4S. The van der Waals surface area contributed by atoms with Crippen LogP contribution in [0.25, 0.3) is 0 Å². The zero-order valence-corrected chi connectivity index (χ0v) is 13.5. The fourth-order valence-electron chi connectivity index (χ4n) is 2.89. The van der Waals surface area contributed by atoms with Gasteiger partial charge >= 0.3 is 5.97 Å². The van der Waals surface area contributed by atoms with Gasteiger partial charge in [0.15, 0.2) is 0 Å². The predicted molar refractivity (Wildman–Crippen MR) is 87.2 cm³/mol. The first-order valence-electron chi connectivity index (χ1n) is 7.33. The Bertz CT molecular complexity index is 860. The lowest BCUT2D eigenvalue weighted by molar-refractivity contribution is 0.0696. The first-order chi connectivity index (χ1) is 10.9. The number of anilines is 1. The second-order valence-corrected chi connectivity index (χ2v) is 7.67. The summed E-state index contributed by atoms with van der Waals surface area (Å²) >= 11 is 0. The average molecular weight is 331 g/mol. The quantitative estimate of drug-likeness (QED) is 0.938. The van der Waals surface area contributed by atoms with Gasteiger partial charge in [0.05, 0.1) is 16.1 Å². The second-order valence-electron chi connectivity index (χ2n) is 5.81. The molecule has 0 fully saturated rings. The van der Waals surface area contributed by atoms with Crippen molar-refractivity contribution in [1.82, 2.24) is 0 Å². The number of rotatable bonds is 3. The third-order valence-electron chi connectivity index (χ3n) is 3.98. The molecule has 3 rings (SSSR count). The Morgan fingerprint density at radius 3 is 2.65 bits per heavy atom. The first kappa shape index (κ1) is 15.6. The van der Waals surface area contributed by atoms with Crippen LogP contribution in [0.15, 0.2) is 53.4 Å². The Hall–Kier alpha value is -2.34. The number of fused-ring (bicyclic) bond motifs is 1. The van der Waals surface area contributed by atoms with Crippen molar-refractivity contribution in [3.05, 3.63) is 59.7 Å². The van der Waals surface area contributed by atoms with Crippen molar-refractivity contribution in [3.8, 4) is 0 Å². The number of nitrogens with zero attached hydrogens (tertiary/aromatic N) is 1. The van der Waals surface area contributed by atoms with Gasteiger partial charge in [-0.05, 0) is 42.2 Å². The molecule has 5 nitrogen and oxygen atoms in total. The highest BCUT2D eigenvalue weighted by Crippen LogP contribution is 2.33. The Morgan fingerprint density at radius 1 is 1.17 bits per heavy atom. The SMILES string of the molecule is CC1Cc2ccccc2N(S(=O)(=O)c2cccc(C(=O)O)c2)C1. The van der Waals surface area contributed by atoms with Crippen LogP contribution in [0.4, 0.5) is 5.69 Å². The van der Waals surface area contributed by atoms with Gasteiger partial charge in [-0.3, -0.25) is 4.31 Å². The summed E-state index contributed by atoms with van der Waals surface area (Å²) in [6.07, 6.45) is 0.831. The fourth-order valence-corrected chi connectivity index (χ4v) is 4.56. The molecule has 2 aromatic rings. The van der Waals surface area contributed by atoms with E-state index in [9.17, 15) is 13.2 Å². The van der Waals surface area contributed by atoms with Gasteiger partial charge in [0, 0.05) is 6.54 Å². The zero-order chi connectivity index (χ0) is 16.6. The van der Waals surface area contributed by atoms with E-state index < -0.39 is 16.0 Å². The molecule has 1 N–H and O–H groups in total. The van der Waals surface area contributed by atoms with E-state index in [4.69, 9.17) is 5.11 Å². The molecule has 0 aliphatic carbocycles. The number of hydrogen-bond donors (Lipinski definition) is 1. The Labute approximate surface area is 135 Å². The molecular weight excluding hydrogens is 314 g/mol. The summed E-state index contributed by atoms with van der Waals surface area (Å²) in [6, 6.07) is 12.9. The van der Waals surface area contributed by atoms with Gasteiger partial charge in [0.2, 0.25) is 0 Å². The number of sulfonamides is 1. The van der Waals surface area contributed by atoms with E-state index in [1.807, 2.05) is 25.1 Å². The Kier molecular flexibility index (Phi) is 3.85. The minimum Gasteiger partial charge on any atom is -0.478 e. The predicted octanol–water partition coefficient (Wildman–Crippen LogP) is 2.77. The molecule has 0 bridgehead atoms. The van der Waals surface area contributed by atoms with Gasteiger partial charge in [-0.2, -0.15) is 0 Å². The minimum atomic E-state index is -3.79. The van der Waals surface area contributed by atoms with Gasteiger partial charge in [-0.15, -0.1) is 0 Å². The van der Waals surface area contributed by atoms with E-state index in [-0.39, 0.29) is 16.4 Å². The molecule has 1 aliphatic heterocycles. The highest BCUT2D eigenvalue weighted by molar-refractivity contribution is 7.92. The molecule has 1 unspecified atom stereocenters. The van der Waals surface area contributed by atoms with Crippen LogP contribution in [0.2, 0.25) is 0 Å². The summed E-state index contributed by atoms with van der Waals surface area (Å²) in [7, 11) is -3.79. The Balaban J connectivity index is 2.10. The van der Waals surface area contributed by atoms with Crippen LogP contribution < -0.4 is 4.31 Å². The van der Waals surface area contributed by atoms with Gasteiger partial charge < -0.3 is 5.11 Å². The summed E-state index contributed by atoms with van der Waals surface area (Å²) in [6.45, 7) is 2.39. The molecule has 0 amide bonds. The van der Waals surface area contributed by atoms with E-state index in [0.717, 1.165) is 12.0 Å². The van der Waals surface area contributed by atoms with Crippen LogP contribution in [-0.2, 0) is 16.4 Å². The Morgan fingerprint density at radius 2 is 1.91 bits per heavy atom. The molecule has 0 aromatic heterocycles. The second kappa shape index (κ2) is 5.70. The van der Waals surface area contributed by atoms with Crippen molar-refractivity contribution in [2.45, 2.75) is 18.2 Å². The molecule has 23 heavy (non-hydrogen) atoms. The van der Waals surface area contributed by atoms with E-state index in [2.05, 4.69) is 0 Å². The maximum Gasteiger partial charge on any atom is 0.335 e. The third-order valence-corrected chi connectivity index (χ3v) is 5.75. The van der Waals surface area contributed by atoms with Gasteiger partial charge in [-0.1, -0.05) is 31.2 Å². The number of benzene rings is 2. The van der Waals surface area contributed by atoms with Gasteiger partial charge in [0.25, 0.3) is 10.0 Å². The van der Waals surface area contributed by atoms with Crippen LogP contribution in [-0.4, -0.2) is 26.0 Å². The highest BCUT2D eigenvalue weighted by Gasteiger charge is 2.31. The summed E-state index contributed by atoms with van der Waals surface area (Å²) in [5.74, 6) is -0.947. The summed E-state index contributed by atoms with van der Waals surface area (Å²) in [5.41, 5.74) is 1.62.